The molecule has 9 heavy (non-hydrogen) atoms. The van der Waals surface area contributed by atoms with Crippen LogP contribution in [0, 0.1) is 3.70 Å². The van der Waals surface area contributed by atoms with E-state index in [-0.39, 0.29) is 0 Å². The molecule has 0 spiro atoms. The third-order valence-corrected chi connectivity index (χ3v) is 4.04. The number of hydrogen-bond donors (Lipinski definition) is 0. The fourth-order valence-corrected chi connectivity index (χ4v) is 2.19. The van der Waals surface area contributed by atoms with E-state index in [2.05, 4.69) is 59.4 Å². The molecule has 2 nitrogen and oxygen atoms in total. The smallest absolute Gasteiger partial charge is 0.178 e. The van der Waals surface area contributed by atoms with E-state index in [0.717, 1.165) is 13.0 Å². The Hall–Kier alpha value is 0.900. The van der Waals surface area contributed by atoms with Gasteiger partial charge in [-0.15, -0.1) is 0 Å². The fraction of sp³-hybridized carbons (Fsp3) is 0.250. The molecule has 1 aromatic rings. The maximum Gasteiger partial charge on any atom is 0.178 e. The Morgan fingerprint density at radius 2 is 2.11 bits per heavy atom. The molecule has 1 aromatic heterocycles. The lowest BCUT2D eigenvalue weighted by molar-refractivity contribution is 0.860. The minimum atomic E-state index is 0.846. The van der Waals surface area contributed by atoms with Crippen LogP contribution in [0.2, 0.25) is 0 Å². The molecular weight excluding hydrogens is 363 g/mol. The third-order valence-electron chi connectivity index (χ3n) is 0.932. The summed E-state index contributed by atoms with van der Waals surface area (Å²) in [4.78, 5) is 4.13. The number of aromatic nitrogens is 2. The number of nitrogens with zero attached hydrogens (tertiary/aromatic N) is 2. The fourth-order valence-electron chi connectivity index (χ4n) is 0.422. The highest BCUT2D eigenvalue weighted by Gasteiger charge is 2.05. The Morgan fingerprint density at radius 1 is 1.56 bits per heavy atom. The Kier molecular flexibility index (Phi) is 2.56. The normalized spacial score (nSPS) is 10.2. The molecule has 0 saturated heterocycles. The molecule has 0 aromatic carbocycles. The minimum absolute atomic E-state index is 0.846. The monoisotopic (exact) mass is 364 g/mol. The lowest BCUT2D eigenvalue weighted by Gasteiger charge is -1.91. The minimum Gasteiger partial charge on any atom is -0.316 e. The van der Waals surface area contributed by atoms with E-state index in [1.807, 2.05) is 11.6 Å². The van der Waals surface area contributed by atoms with Gasteiger partial charge < -0.3 is 4.57 Å². The van der Waals surface area contributed by atoms with Gasteiger partial charge in [-0.25, -0.2) is 4.98 Å². The van der Waals surface area contributed by atoms with E-state index in [1.54, 1.807) is 0 Å². The highest BCUT2D eigenvalue weighted by atomic mass is 127. The first-order valence-electron chi connectivity index (χ1n) is 2.16. The summed E-state index contributed by atoms with van der Waals surface area (Å²) in [6, 6.07) is 0. The standard InChI is InChI=1S/C4H3Br2IN2/c1-9-2(5)3(7)8-4(9)6/h1H3. The first-order chi connectivity index (χ1) is 4.13. The maximum atomic E-state index is 4.13. The molecule has 5 heteroatoms. The van der Waals surface area contributed by atoms with Crippen molar-refractivity contribution in [3.8, 4) is 0 Å². The molecule has 0 amide bonds. The third kappa shape index (κ3) is 1.48. The van der Waals surface area contributed by atoms with E-state index >= 15 is 0 Å². The second-order valence-corrected chi connectivity index (χ2v) is 4.00. The van der Waals surface area contributed by atoms with Crippen molar-refractivity contribution < 1.29 is 0 Å². The zero-order valence-electron chi connectivity index (χ0n) is 4.53. The quantitative estimate of drug-likeness (QED) is 0.646. The van der Waals surface area contributed by atoms with Gasteiger partial charge in [-0.3, -0.25) is 0 Å². The zero-order valence-corrected chi connectivity index (χ0v) is 9.86. The maximum absolute atomic E-state index is 4.13. The van der Waals surface area contributed by atoms with Gasteiger partial charge in [-0.1, -0.05) is 0 Å². The summed E-state index contributed by atoms with van der Waals surface area (Å²) in [6.45, 7) is 0. The van der Waals surface area contributed by atoms with Crippen LogP contribution < -0.4 is 0 Å². The molecule has 0 radical (unpaired) electrons. The van der Waals surface area contributed by atoms with Crippen molar-refractivity contribution in [2.45, 2.75) is 0 Å². The Balaban J connectivity index is 3.29. The molecule has 0 unspecified atom stereocenters. The molecule has 0 atom stereocenters. The van der Waals surface area contributed by atoms with Crippen LogP contribution in [0.25, 0.3) is 0 Å². The van der Waals surface area contributed by atoms with Crippen molar-refractivity contribution in [3.63, 3.8) is 0 Å². The molecule has 0 saturated carbocycles. The Labute approximate surface area is 83.4 Å². The number of rotatable bonds is 0. The van der Waals surface area contributed by atoms with Crippen molar-refractivity contribution in [2.75, 3.05) is 0 Å². The predicted octanol–water partition coefficient (Wildman–Crippen LogP) is 2.55. The highest BCUT2D eigenvalue weighted by molar-refractivity contribution is 14.1. The topological polar surface area (TPSA) is 17.8 Å². The van der Waals surface area contributed by atoms with Gasteiger partial charge in [0.25, 0.3) is 0 Å². The van der Waals surface area contributed by atoms with Gasteiger partial charge in [0.1, 0.15) is 8.30 Å². The molecule has 0 aliphatic heterocycles. The summed E-state index contributed by atoms with van der Waals surface area (Å²) < 4.78 is 4.75. The number of hydrogen-bond acceptors (Lipinski definition) is 1. The molecule has 0 fully saturated rings. The Bertz CT molecular complexity index is 210. The van der Waals surface area contributed by atoms with Crippen LogP contribution in [0.5, 0.6) is 0 Å². The van der Waals surface area contributed by atoms with Gasteiger partial charge in [-0.05, 0) is 54.5 Å². The van der Waals surface area contributed by atoms with Gasteiger partial charge >= 0.3 is 0 Å². The largest absolute Gasteiger partial charge is 0.316 e. The van der Waals surface area contributed by atoms with Gasteiger partial charge in [0, 0.05) is 7.05 Å². The predicted molar refractivity (Wildman–Crippen MR) is 51.3 cm³/mol. The summed E-state index contributed by atoms with van der Waals surface area (Å²) in [6.07, 6.45) is 0. The SMILES string of the molecule is Cn1c(Br)nc(I)c1Br. The summed E-state index contributed by atoms with van der Waals surface area (Å²) >= 11 is 8.81. The summed E-state index contributed by atoms with van der Waals surface area (Å²) in [7, 11) is 1.93. The van der Waals surface area contributed by atoms with Crippen LogP contribution in [0.15, 0.2) is 9.34 Å². The first kappa shape index (κ1) is 8.00. The van der Waals surface area contributed by atoms with E-state index in [1.165, 1.54) is 0 Å². The van der Waals surface area contributed by atoms with Crippen molar-refractivity contribution in [3.05, 3.63) is 13.0 Å². The van der Waals surface area contributed by atoms with E-state index in [4.69, 9.17) is 0 Å². The van der Waals surface area contributed by atoms with Crippen molar-refractivity contribution in [1.82, 2.24) is 9.55 Å². The molecular formula is C4H3Br2IN2. The van der Waals surface area contributed by atoms with E-state index in [9.17, 15) is 0 Å². The summed E-state index contributed by atoms with van der Waals surface area (Å²) in [5.41, 5.74) is 0. The van der Waals surface area contributed by atoms with Crippen LogP contribution in [0.4, 0.5) is 0 Å². The van der Waals surface area contributed by atoms with Crippen molar-refractivity contribution >= 4 is 54.5 Å². The van der Waals surface area contributed by atoms with Crippen LogP contribution in [0.1, 0.15) is 0 Å². The van der Waals surface area contributed by atoms with Gasteiger partial charge in [0.15, 0.2) is 4.73 Å². The van der Waals surface area contributed by atoms with Crippen LogP contribution in [0.3, 0.4) is 0 Å². The summed E-state index contributed by atoms with van der Waals surface area (Å²) in [5, 5.41) is 0. The second-order valence-electron chi connectivity index (χ2n) is 1.52. The number of imidazole rings is 1. The van der Waals surface area contributed by atoms with Gasteiger partial charge in [0.05, 0.1) is 0 Å². The van der Waals surface area contributed by atoms with E-state index in [0.29, 0.717) is 0 Å². The molecule has 1 heterocycles. The molecule has 0 bridgehead atoms. The van der Waals surface area contributed by atoms with Crippen LogP contribution >= 0.6 is 54.5 Å². The lowest BCUT2D eigenvalue weighted by Crippen LogP contribution is -1.86. The van der Waals surface area contributed by atoms with Crippen molar-refractivity contribution in [2.24, 2.45) is 7.05 Å². The summed E-state index contributed by atoms with van der Waals surface area (Å²) in [5.74, 6) is 0. The average Bonchev–Trinajstić information content (AvgIpc) is 1.98. The molecule has 1 rings (SSSR count). The zero-order chi connectivity index (χ0) is 7.02. The van der Waals surface area contributed by atoms with Crippen LogP contribution in [-0.4, -0.2) is 9.55 Å². The first-order valence-corrected chi connectivity index (χ1v) is 4.82. The lowest BCUT2D eigenvalue weighted by atomic mass is 10.9. The van der Waals surface area contributed by atoms with E-state index < -0.39 is 0 Å². The average molecular weight is 366 g/mol. The van der Waals surface area contributed by atoms with Gasteiger partial charge in [0.2, 0.25) is 0 Å². The molecule has 50 valence electrons. The number of halogens is 3. The Morgan fingerprint density at radius 3 is 2.22 bits per heavy atom. The van der Waals surface area contributed by atoms with Crippen molar-refractivity contribution in [1.29, 1.82) is 0 Å². The molecule has 0 aliphatic rings. The molecule has 0 N–H and O–H groups in total. The molecule has 0 aliphatic carbocycles. The van der Waals surface area contributed by atoms with Gasteiger partial charge in [-0.2, -0.15) is 0 Å². The van der Waals surface area contributed by atoms with Crippen LogP contribution in [-0.2, 0) is 7.05 Å². The highest BCUT2D eigenvalue weighted by Crippen LogP contribution is 2.21. The second kappa shape index (κ2) is 2.87.